The number of thioether (sulfide) groups is 1. The van der Waals surface area contributed by atoms with E-state index in [9.17, 15) is 24.3 Å². The fourth-order valence-electron chi connectivity index (χ4n) is 3.55. The number of nitrogens with two attached hydrogens (primary N) is 1. The van der Waals surface area contributed by atoms with Crippen molar-refractivity contribution < 1.29 is 24.3 Å². The number of carboxylic acids is 1. The summed E-state index contributed by atoms with van der Waals surface area (Å²) in [6.45, 7) is 7.40. The van der Waals surface area contributed by atoms with E-state index in [1.54, 1.807) is 6.92 Å². The van der Waals surface area contributed by atoms with E-state index >= 15 is 0 Å². The van der Waals surface area contributed by atoms with Crippen molar-refractivity contribution in [3.8, 4) is 0 Å². The second-order valence-electron chi connectivity index (χ2n) is 9.21. The standard InChI is InChI=1S/C26H42N4O5S/c1-6-16(3)21(27)25(33)29-20(15-18-11-9-8-10-12-18)24(32)28-19(13-14-36-5)23(31)30-22(26(34)35)17(4)7-2/h8-12,16-17,19-22H,6-7,13-15,27H2,1-5H3,(H,28,32)(H,29,33)(H,30,31)(H,34,35). The molecule has 0 aliphatic rings. The number of benzene rings is 1. The summed E-state index contributed by atoms with van der Waals surface area (Å²) in [5, 5.41) is 17.7. The van der Waals surface area contributed by atoms with Crippen molar-refractivity contribution in [3.63, 3.8) is 0 Å². The molecule has 6 atom stereocenters. The molecule has 3 amide bonds. The van der Waals surface area contributed by atoms with E-state index in [1.165, 1.54) is 11.8 Å². The van der Waals surface area contributed by atoms with Crippen LogP contribution in [0.3, 0.4) is 0 Å². The average Bonchev–Trinajstić information content (AvgIpc) is 2.87. The van der Waals surface area contributed by atoms with Gasteiger partial charge in [-0.05, 0) is 35.8 Å². The molecule has 0 saturated heterocycles. The van der Waals surface area contributed by atoms with Gasteiger partial charge in [-0.1, -0.05) is 70.9 Å². The zero-order chi connectivity index (χ0) is 27.3. The molecule has 0 bridgehead atoms. The Balaban J connectivity index is 3.12. The fraction of sp³-hybridized carbons (Fsp3) is 0.615. The van der Waals surface area contributed by atoms with Gasteiger partial charge in [0.15, 0.2) is 0 Å². The van der Waals surface area contributed by atoms with Gasteiger partial charge in [-0.25, -0.2) is 4.79 Å². The molecule has 0 heterocycles. The van der Waals surface area contributed by atoms with E-state index in [0.717, 1.165) is 5.56 Å². The first-order valence-corrected chi connectivity index (χ1v) is 13.9. The van der Waals surface area contributed by atoms with Crippen LogP contribution in [0.5, 0.6) is 0 Å². The molecule has 1 rings (SSSR count). The molecule has 10 heteroatoms. The minimum Gasteiger partial charge on any atom is -0.480 e. The molecular weight excluding hydrogens is 480 g/mol. The van der Waals surface area contributed by atoms with Gasteiger partial charge in [-0.2, -0.15) is 11.8 Å². The number of nitrogens with one attached hydrogen (secondary N) is 3. The predicted octanol–water partition coefficient (Wildman–Crippen LogP) is 1.94. The summed E-state index contributed by atoms with van der Waals surface area (Å²) >= 11 is 1.51. The van der Waals surface area contributed by atoms with Crippen LogP contribution in [0.4, 0.5) is 0 Å². The number of hydrogen-bond donors (Lipinski definition) is 5. The summed E-state index contributed by atoms with van der Waals surface area (Å²) in [7, 11) is 0. The number of carbonyl (C=O) groups is 4. The normalized spacial score (nSPS) is 16.1. The Bertz CT molecular complexity index is 854. The number of carbonyl (C=O) groups excluding carboxylic acids is 3. The van der Waals surface area contributed by atoms with Crippen LogP contribution in [0, 0.1) is 11.8 Å². The molecule has 1 aromatic carbocycles. The van der Waals surface area contributed by atoms with Crippen LogP contribution in [-0.4, -0.2) is 65.0 Å². The Morgan fingerprint density at radius 2 is 1.44 bits per heavy atom. The highest BCUT2D eigenvalue weighted by Crippen LogP contribution is 2.11. The molecule has 6 N–H and O–H groups in total. The minimum atomic E-state index is -1.12. The second kappa shape index (κ2) is 16.2. The monoisotopic (exact) mass is 522 g/mol. The highest BCUT2D eigenvalue weighted by molar-refractivity contribution is 7.98. The molecule has 202 valence electrons. The van der Waals surface area contributed by atoms with Crippen molar-refractivity contribution in [3.05, 3.63) is 35.9 Å². The molecule has 0 radical (unpaired) electrons. The van der Waals surface area contributed by atoms with Crippen LogP contribution in [0.25, 0.3) is 0 Å². The van der Waals surface area contributed by atoms with E-state index in [2.05, 4.69) is 16.0 Å². The highest BCUT2D eigenvalue weighted by Gasteiger charge is 2.32. The summed E-state index contributed by atoms with van der Waals surface area (Å²) in [4.78, 5) is 50.9. The number of hydrogen-bond acceptors (Lipinski definition) is 6. The summed E-state index contributed by atoms with van der Waals surface area (Å²) in [5.41, 5.74) is 6.92. The quantitative estimate of drug-likeness (QED) is 0.223. The van der Waals surface area contributed by atoms with Crippen molar-refractivity contribution in [1.29, 1.82) is 0 Å². The van der Waals surface area contributed by atoms with Crippen molar-refractivity contribution in [1.82, 2.24) is 16.0 Å². The van der Waals surface area contributed by atoms with E-state index < -0.39 is 47.9 Å². The molecular formula is C26H42N4O5S. The molecule has 9 nitrogen and oxygen atoms in total. The number of amides is 3. The van der Waals surface area contributed by atoms with Crippen LogP contribution in [0.1, 0.15) is 52.5 Å². The fourth-order valence-corrected chi connectivity index (χ4v) is 4.02. The van der Waals surface area contributed by atoms with E-state index in [-0.39, 0.29) is 18.3 Å². The van der Waals surface area contributed by atoms with Gasteiger partial charge in [0.1, 0.15) is 18.1 Å². The van der Waals surface area contributed by atoms with E-state index in [1.807, 2.05) is 57.4 Å². The van der Waals surface area contributed by atoms with Gasteiger partial charge in [-0.15, -0.1) is 0 Å². The van der Waals surface area contributed by atoms with Crippen LogP contribution < -0.4 is 21.7 Å². The summed E-state index contributed by atoms with van der Waals surface area (Å²) in [6.07, 6.45) is 3.69. The van der Waals surface area contributed by atoms with Gasteiger partial charge in [0.05, 0.1) is 6.04 Å². The molecule has 1 aromatic rings. The van der Waals surface area contributed by atoms with Crippen LogP contribution in [-0.2, 0) is 25.6 Å². The third kappa shape index (κ3) is 10.2. The maximum atomic E-state index is 13.4. The van der Waals surface area contributed by atoms with Gasteiger partial charge < -0.3 is 26.8 Å². The van der Waals surface area contributed by atoms with Gasteiger partial charge in [0.2, 0.25) is 17.7 Å². The third-order valence-electron chi connectivity index (χ3n) is 6.50. The van der Waals surface area contributed by atoms with Crippen LogP contribution >= 0.6 is 11.8 Å². The summed E-state index contributed by atoms with van der Waals surface area (Å²) in [6, 6.07) is 5.49. The smallest absolute Gasteiger partial charge is 0.326 e. The van der Waals surface area contributed by atoms with Crippen molar-refractivity contribution in [2.45, 2.75) is 77.5 Å². The predicted molar refractivity (Wildman–Crippen MR) is 143 cm³/mol. The first kappa shape index (κ1) is 31.4. The molecule has 36 heavy (non-hydrogen) atoms. The summed E-state index contributed by atoms with van der Waals surface area (Å²) in [5.74, 6) is -2.43. The lowest BCUT2D eigenvalue weighted by Gasteiger charge is -2.27. The van der Waals surface area contributed by atoms with Gasteiger partial charge >= 0.3 is 5.97 Å². The first-order chi connectivity index (χ1) is 17.0. The van der Waals surface area contributed by atoms with Crippen molar-refractivity contribution in [2.24, 2.45) is 17.6 Å². The van der Waals surface area contributed by atoms with E-state index in [0.29, 0.717) is 25.0 Å². The topological polar surface area (TPSA) is 151 Å². The Morgan fingerprint density at radius 1 is 0.889 bits per heavy atom. The summed E-state index contributed by atoms with van der Waals surface area (Å²) < 4.78 is 0. The Morgan fingerprint density at radius 3 is 1.97 bits per heavy atom. The molecule has 0 aromatic heterocycles. The number of carboxylic acid groups (broad SMARTS) is 1. The molecule has 0 spiro atoms. The molecule has 0 fully saturated rings. The minimum absolute atomic E-state index is 0.0703. The zero-order valence-electron chi connectivity index (χ0n) is 22.0. The Kier molecular flexibility index (Phi) is 14.2. The second-order valence-corrected chi connectivity index (χ2v) is 10.2. The van der Waals surface area contributed by atoms with Crippen LogP contribution in [0.15, 0.2) is 30.3 Å². The van der Waals surface area contributed by atoms with Gasteiger partial charge in [-0.3, -0.25) is 14.4 Å². The number of aliphatic carboxylic acids is 1. The number of rotatable bonds is 16. The SMILES string of the molecule is CCC(C)C(N)C(=O)NC(Cc1ccccc1)C(=O)NC(CCSC)C(=O)NC(C(=O)O)C(C)CC. The molecule has 0 aliphatic carbocycles. The van der Waals surface area contributed by atoms with Gasteiger partial charge in [0, 0.05) is 6.42 Å². The molecule has 6 unspecified atom stereocenters. The van der Waals surface area contributed by atoms with Crippen LogP contribution in [0.2, 0.25) is 0 Å². The van der Waals surface area contributed by atoms with Crippen molar-refractivity contribution >= 4 is 35.5 Å². The van der Waals surface area contributed by atoms with Crippen molar-refractivity contribution in [2.75, 3.05) is 12.0 Å². The molecule has 0 aliphatic heterocycles. The zero-order valence-corrected chi connectivity index (χ0v) is 22.8. The third-order valence-corrected chi connectivity index (χ3v) is 7.14. The van der Waals surface area contributed by atoms with Gasteiger partial charge in [0.25, 0.3) is 0 Å². The maximum absolute atomic E-state index is 13.4. The van der Waals surface area contributed by atoms with E-state index in [4.69, 9.17) is 5.73 Å². The lowest BCUT2D eigenvalue weighted by atomic mass is 9.98. The largest absolute Gasteiger partial charge is 0.480 e. The lowest BCUT2D eigenvalue weighted by Crippen LogP contribution is -2.58. The Hall–Kier alpha value is -2.59. The maximum Gasteiger partial charge on any atom is 0.326 e. The highest BCUT2D eigenvalue weighted by atomic mass is 32.2. The molecule has 0 saturated carbocycles. The first-order valence-electron chi connectivity index (χ1n) is 12.5. The Labute approximate surface area is 218 Å². The lowest BCUT2D eigenvalue weighted by molar-refractivity contribution is -0.143. The average molecular weight is 523 g/mol.